The smallest absolute Gasteiger partial charge is 0.273 e. The van der Waals surface area contributed by atoms with Gasteiger partial charge in [0.25, 0.3) is 5.91 Å². The van der Waals surface area contributed by atoms with Crippen LogP contribution in [0.3, 0.4) is 0 Å². The minimum atomic E-state index is -0.249. The van der Waals surface area contributed by atoms with E-state index in [0.29, 0.717) is 12.5 Å². The zero-order chi connectivity index (χ0) is 12.1. The van der Waals surface area contributed by atoms with Crippen LogP contribution in [0.4, 0.5) is 5.82 Å². The van der Waals surface area contributed by atoms with Crippen molar-refractivity contribution in [2.75, 3.05) is 25.4 Å². The monoisotopic (exact) mass is 235 g/mol. The fourth-order valence-corrected chi connectivity index (χ4v) is 1.96. The Hall–Kier alpha value is -1.69. The summed E-state index contributed by atoms with van der Waals surface area (Å²) >= 11 is 0. The molecule has 1 atom stereocenters. The number of nitrogens with one attached hydrogen (secondary N) is 2. The number of carbonyl (C=O) groups excluding carboxylic acids is 1. The van der Waals surface area contributed by atoms with Crippen LogP contribution in [-0.4, -0.2) is 35.5 Å². The number of nitrogen functional groups attached to an aromatic ring is 1. The van der Waals surface area contributed by atoms with Gasteiger partial charge < -0.3 is 16.4 Å². The van der Waals surface area contributed by atoms with Gasteiger partial charge in [-0.2, -0.15) is 0 Å². The average molecular weight is 235 g/mol. The molecule has 0 bridgehead atoms. The predicted octanol–water partition coefficient (Wildman–Crippen LogP) is -0.212. The number of anilines is 1. The molecule has 0 spiro atoms. The number of hydrogen-bond donors (Lipinski definition) is 3. The first kappa shape index (κ1) is 11.8. The average Bonchev–Trinajstić information content (AvgIpc) is 2.82. The summed E-state index contributed by atoms with van der Waals surface area (Å²) in [4.78, 5) is 19.5. The maximum absolute atomic E-state index is 11.7. The number of rotatable bonds is 4. The van der Waals surface area contributed by atoms with Gasteiger partial charge in [-0.25, -0.2) is 9.97 Å². The fraction of sp³-hybridized carbons (Fsp3) is 0.545. The van der Waals surface area contributed by atoms with Crippen molar-refractivity contribution in [1.29, 1.82) is 0 Å². The summed E-state index contributed by atoms with van der Waals surface area (Å²) in [5, 5.41) is 6.11. The molecule has 0 aliphatic carbocycles. The molecule has 92 valence electrons. The third-order valence-electron chi connectivity index (χ3n) is 2.94. The van der Waals surface area contributed by atoms with Gasteiger partial charge in [-0.1, -0.05) is 0 Å². The topological polar surface area (TPSA) is 92.9 Å². The number of hydrogen-bond acceptors (Lipinski definition) is 5. The molecule has 1 aliphatic heterocycles. The molecule has 1 aliphatic rings. The normalized spacial score (nSPS) is 19.2. The van der Waals surface area contributed by atoms with Crippen molar-refractivity contribution in [3.05, 3.63) is 18.1 Å². The van der Waals surface area contributed by atoms with Gasteiger partial charge in [-0.05, 0) is 31.8 Å². The molecule has 4 N–H and O–H groups in total. The minimum absolute atomic E-state index is 0.174. The third kappa shape index (κ3) is 3.13. The van der Waals surface area contributed by atoms with E-state index >= 15 is 0 Å². The van der Waals surface area contributed by atoms with Crippen LogP contribution in [0, 0.1) is 5.92 Å². The van der Waals surface area contributed by atoms with Crippen molar-refractivity contribution < 1.29 is 4.79 Å². The molecule has 1 fully saturated rings. The first-order valence-electron chi connectivity index (χ1n) is 5.83. The maximum atomic E-state index is 11.7. The highest BCUT2D eigenvalue weighted by molar-refractivity contribution is 5.96. The van der Waals surface area contributed by atoms with Crippen molar-refractivity contribution in [3.63, 3.8) is 0 Å². The van der Waals surface area contributed by atoms with Gasteiger partial charge in [0.05, 0.1) is 0 Å². The Morgan fingerprint density at radius 2 is 2.35 bits per heavy atom. The van der Waals surface area contributed by atoms with Gasteiger partial charge >= 0.3 is 0 Å². The van der Waals surface area contributed by atoms with Crippen molar-refractivity contribution in [2.45, 2.75) is 12.8 Å². The number of nitrogens with two attached hydrogens (primary N) is 1. The van der Waals surface area contributed by atoms with Gasteiger partial charge in [0.2, 0.25) is 0 Å². The van der Waals surface area contributed by atoms with Crippen LogP contribution in [0.15, 0.2) is 12.4 Å². The lowest BCUT2D eigenvalue weighted by Gasteiger charge is -2.09. The molecular weight excluding hydrogens is 218 g/mol. The summed E-state index contributed by atoms with van der Waals surface area (Å²) in [5.41, 5.74) is 5.78. The number of carbonyl (C=O) groups is 1. The zero-order valence-corrected chi connectivity index (χ0v) is 9.65. The quantitative estimate of drug-likeness (QED) is 0.671. The lowest BCUT2D eigenvalue weighted by Crippen LogP contribution is -2.28. The van der Waals surface area contributed by atoms with E-state index in [1.807, 2.05) is 0 Å². The number of nitrogens with zero attached hydrogens (tertiary/aromatic N) is 2. The molecule has 1 aromatic heterocycles. The highest BCUT2D eigenvalue weighted by Gasteiger charge is 2.15. The molecule has 1 aromatic rings. The van der Waals surface area contributed by atoms with Gasteiger partial charge in [-0.15, -0.1) is 0 Å². The van der Waals surface area contributed by atoms with E-state index in [1.165, 1.54) is 18.8 Å². The van der Waals surface area contributed by atoms with Crippen molar-refractivity contribution >= 4 is 11.7 Å². The largest absolute Gasteiger partial charge is 0.382 e. The Morgan fingerprint density at radius 1 is 1.53 bits per heavy atom. The Labute approximate surface area is 100 Å². The second-order valence-corrected chi connectivity index (χ2v) is 4.19. The van der Waals surface area contributed by atoms with Gasteiger partial charge in [0, 0.05) is 18.9 Å². The van der Waals surface area contributed by atoms with E-state index in [9.17, 15) is 4.79 Å². The summed E-state index contributed by atoms with van der Waals surface area (Å²) in [5.74, 6) is 0.587. The minimum Gasteiger partial charge on any atom is -0.382 e. The molecule has 2 heterocycles. The van der Waals surface area contributed by atoms with E-state index < -0.39 is 0 Å². The molecule has 0 aromatic carbocycles. The fourth-order valence-electron chi connectivity index (χ4n) is 1.96. The van der Waals surface area contributed by atoms with Crippen LogP contribution < -0.4 is 16.4 Å². The van der Waals surface area contributed by atoms with Crippen LogP contribution in [-0.2, 0) is 0 Å². The predicted molar refractivity (Wildman–Crippen MR) is 64.4 cm³/mol. The molecule has 2 rings (SSSR count). The van der Waals surface area contributed by atoms with Crippen LogP contribution >= 0.6 is 0 Å². The molecule has 0 radical (unpaired) electrons. The summed E-state index contributed by atoms with van der Waals surface area (Å²) < 4.78 is 0. The third-order valence-corrected chi connectivity index (χ3v) is 2.94. The van der Waals surface area contributed by atoms with E-state index in [2.05, 4.69) is 20.6 Å². The second-order valence-electron chi connectivity index (χ2n) is 4.19. The van der Waals surface area contributed by atoms with E-state index in [-0.39, 0.29) is 17.4 Å². The zero-order valence-electron chi connectivity index (χ0n) is 9.65. The summed E-state index contributed by atoms with van der Waals surface area (Å²) in [6.45, 7) is 2.78. The van der Waals surface area contributed by atoms with Gasteiger partial charge in [0.1, 0.15) is 0 Å². The molecule has 6 nitrogen and oxygen atoms in total. The first-order valence-corrected chi connectivity index (χ1v) is 5.83. The Kier molecular flexibility index (Phi) is 3.87. The Bertz CT molecular complexity index is 389. The molecule has 6 heteroatoms. The molecule has 1 unspecified atom stereocenters. The molecule has 1 amide bonds. The molecule has 17 heavy (non-hydrogen) atoms. The SMILES string of the molecule is Nc1nccnc1C(=O)NCCC1CCNC1. The Balaban J connectivity index is 1.79. The van der Waals surface area contributed by atoms with Crippen LogP contribution in [0.1, 0.15) is 23.3 Å². The highest BCUT2D eigenvalue weighted by Crippen LogP contribution is 2.11. The molecular formula is C11H17N5O. The van der Waals surface area contributed by atoms with Crippen LogP contribution in [0.5, 0.6) is 0 Å². The summed E-state index contributed by atoms with van der Waals surface area (Å²) in [6, 6.07) is 0. The molecule has 0 saturated carbocycles. The standard InChI is InChI=1S/C11H17N5O/c12-10-9(14-5-6-15-10)11(17)16-4-2-8-1-3-13-7-8/h5-6,8,13H,1-4,7H2,(H2,12,15)(H,16,17). The van der Waals surface area contributed by atoms with Crippen LogP contribution in [0.2, 0.25) is 0 Å². The van der Waals surface area contributed by atoms with Crippen molar-refractivity contribution in [3.8, 4) is 0 Å². The highest BCUT2D eigenvalue weighted by atomic mass is 16.1. The van der Waals surface area contributed by atoms with Crippen molar-refractivity contribution in [2.24, 2.45) is 5.92 Å². The maximum Gasteiger partial charge on any atom is 0.273 e. The lowest BCUT2D eigenvalue weighted by molar-refractivity contribution is 0.0947. The Morgan fingerprint density at radius 3 is 3.06 bits per heavy atom. The van der Waals surface area contributed by atoms with Gasteiger partial charge in [0.15, 0.2) is 11.5 Å². The molecule has 1 saturated heterocycles. The second kappa shape index (κ2) is 5.58. The summed E-state index contributed by atoms with van der Waals surface area (Å²) in [7, 11) is 0. The van der Waals surface area contributed by atoms with Crippen molar-refractivity contribution in [1.82, 2.24) is 20.6 Å². The lowest BCUT2D eigenvalue weighted by atomic mass is 10.1. The number of aromatic nitrogens is 2. The first-order chi connectivity index (χ1) is 8.27. The van der Waals surface area contributed by atoms with E-state index in [1.54, 1.807) is 0 Å². The summed E-state index contributed by atoms with van der Waals surface area (Å²) in [6.07, 6.45) is 5.10. The van der Waals surface area contributed by atoms with Gasteiger partial charge in [-0.3, -0.25) is 4.79 Å². The van der Waals surface area contributed by atoms with Crippen LogP contribution in [0.25, 0.3) is 0 Å². The number of amides is 1. The van der Waals surface area contributed by atoms with E-state index in [4.69, 9.17) is 5.73 Å². The van der Waals surface area contributed by atoms with E-state index in [0.717, 1.165) is 19.5 Å².